The third-order valence-electron chi connectivity index (χ3n) is 6.29. The molecule has 3 aromatic heterocycles. The Balaban J connectivity index is 1.35. The first-order valence-corrected chi connectivity index (χ1v) is 12.1. The molecule has 1 aliphatic carbocycles. The molecule has 5 rings (SSSR count). The molecule has 11 nitrogen and oxygen atoms in total. The van der Waals surface area contributed by atoms with Gasteiger partial charge in [0.2, 0.25) is 5.91 Å². The molecule has 11 heteroatoms. The van der Waals surface area contributed by atoms with Crippen molar-refractivity contribution in [3.8, 4) is 17.0 Å². The van der Waals surface area contributed by atoms with Gasteiger partial charge in [-0.15, -0.1) is 0 Å². The van der Waals surface area contributed by atoms with Crippen LogP contribution in [0.3, 0.4) is 0 Å². The first kappa shape index (κ1) is 24.1. The first-order valence-electron chi connectivity index (χ1n) is 12.1. The van der Waals surface area contributed by atoms with E-state index in [1.54, 1.807) is 27.4 Å². The van der Waals surface area contributed by atoms with Crippen LogP contribution in [0.15, 0.2) is 30.6 Å². The SMILES string of the molecule is CO[C@H]1CN(C(=O)OC(C)(C)C)C[C@H]1Oc1cnn(C)c1-c1ccn2nc(NC(=O)C3CC3)cc2c1. The number of likely N-dealkylation sites (tertiary alicyclic amines) is 1. The van der Waals surface area contributed by atoms with Crippen molar-refractivity contribution in [1.82, 2.24) is 24.3 Å². The monoisotopic (exact) mass is 496 g/mol. The Morgan fingerprint density at radius 2 is 1.89 bits per heavy atom. The molecular formula is C25H32N6O5. The highest BCUT2D eigenvalue weighted by molar-refractivity contribution is 5.93. The predicted molar refractivity (Wildman–Crippen MR) is 132 cm³/mol. The highest BCUT2D eigenvalue weighted by Crippen LogP contribution is 2.33. The van der Waals surface area contributed by atoms with E-state index in [0.717, 1.165) is 29.6 Å². The Kier molecular flexibility index (Phi) is 6.11. The maximum atomic E-state index is 12.6. The summed E-state index contributed by atoms with van der Waals surface area (Å²) in [5, 5.41) is 11.7. The van der Waals surface area contributed by atoms with E-state index in [0.29, 0.717) is 24.7 Å². The first-order chi connectivity index (χ1) is 17.1. The standard InChI is InChI=1S/C25H32N6O5/c1-25(2,3)36-24(33)30-13-19(34-5)20(14-30)35-18-12-26-29(4)22(18)16-8-9-31-17(10-16)11-21(28-31)27-23(32)15-6-7-15/h8-12,15,19-20H,6-7,13-14H2,1-5H3,(H,27,28,32)/t19-,20+/m0/s1. The van der Waals surface area contributed by atoms with Crippen molar-refractivity contribution >= 4 is 23.3 Å². The number of hydrogen-bond acceptors (Lipinski definition) is 7. The number of amides is 2. The minimum Gasteiger partial charge on any atom is -0.482 e. The Morgan fingerprint density at radius 3 is 2.58 bits per heavy atom. The molecule has 0 spiro atoms. The molecule has 1 N–H and O–H groups in total. The molecule has 4 heterocycles. The molecule has 2 fully saturated rings. The highest BCUT2D eigenvalue weighted by Gasteiger charge is 2.39. The molecule has 0 aromatic carbocycles. The normalized spacial score (nSPS) is 20.1. The van der Waals surface area contributed by atoms with Gasteiger partial charge in [0.05, 0.1) is 24.8 Å². The summed E-state index contributed by atoms with van der Waals surface area (Å²) in [5.41, 5.74) is 1.92. The number of nitrogens with zero attached hydrogens (tertiary/aromatic N) is 5. The van der Waals surface area contributed by atoms with Gasteiger partial charge < -0.3 is 24.4 Å². The molecule has 1 saturated heterocycles. The van der Waals surface area contributed by atoms with Gasteiger partial charge in [0.1, 0.15) is 23.5 Å². The minimum atomic E-state index is -0.581. The molecule has 3 aromatic rings. The molecule has 0 unspecified atom stereocenters. The molecule has 2 aliphatic rings. The largest absolute Gasteiger partial charge is 0.482 e. The van der Waals surface area contributed by atoms with E-state index in [1.165, 1.54) is 0 Å². The van der Waals surface area contributed by atoms with Gasteiger partial charge in [-0.2, -0.15) is 10.2 Å². The number of nitrogens with one attached hydrogen (secondary N) is 1. The van der Waals surface area contributed by atoms with E-state index in [-0.39, 0.29) is 24.0 Å². The number of anilines is 1. The van der Waals surface area contributed by atoms with Crippen molar-refractivity contribution in [2.45, 2.75) is 51.4 Å². The third kappa shape index (κ3) is 5.01. The van der Waals surface area contributed by atoms with Crippen LogP contribution in [0.4, 0.5) is 10.6 Å². The van der Waals surface area contributed by atoms with Crippen LogP contribution >= 0.6 is 0 Å². The van der Waals surface area contributed by atoms with Gasteiger partial charge in [-0.25, -0.2) is 9.31 Å². The third-order valence-corrected chi connectivity index (χ3v) is 6.29. The fourth-order valence-electron chi connectivity index (χ4n) is 4.33. The Bertz CT molecular complexity index is 1290. The van der Waals surface area contributed by atoms with Gasteiger partial charge in [0.15, 0.2) is 11.6 Å². The van der Waals surface area contributed by atoms with Crippen molar-refractivity contribution in [3.63, 3.8) is 0 Å². The zero-order chi connectivity index (χ0) is 25.6. The molecule has 192 valence electrons. The second-order valence-corrected chi connectivity index (χ2v) is 10.4. The number of fused-ring (bicyclic) bond motifs is 1. The van der Waals surface area contributed by atoms with E-state index in [4.69, 9.17) is 14.2 Å². The summed E-state index contributed by atoms with van der Waals surface area (Å²) in [4.78, 5) is 26.3. The number of pyridine rings is 1. The van der Waals surface area contributed by atoms with Crippen LogP contribution in [0.25, 0.3) is 16.8 Å². The fourth-order valence-corrected chi connectivity index (χ4v) is 4.33. The molecule has 36 heavy (non-hydrogen) atoms. The smallest absolute Gasteiger partial charge is 0.410 e. The van der Waals surface area contributed by atoms with Gasteiger partial charge in [0, 0.05) is 37.9 Å². The van der Waals surface area contributed by atoms with Gasteiger partial charge in [0.25, 0.3) is 0 Å². The van der Waals surface area contributed by atoms with Crippen molar-refractivity contribution in [2.24, 2.45) is 13.0 Å². The van der Waals surface area contributed by atoms with Crippen molar-refractivity contribution < 1.29 is 23.8 Å². The van der Waals surface area contributed by atoms with Crippen LogP contribution < -0.4 is 10.1 Å². The van der Waals surface area contributed by atoms with Gasteiger partial charge in [-0.3, -0.25) is 9.48 Å². The van der Waals surface area contributed by atoms with E-state index >= 15 is 0 Å². The highest BCUT2D eigenvalue weighted by atomic mass is 16.6. The summed E-state index contributed by atoms with van der Waals surface area (Å²) in [6.45, 7) is 6.24. The molecule has 1 aliphatic heterocycles. The summed E-state index contributed by atoms with van der Waals surface area (Å²) in [6, 6.07) is 5.74. The topological polar surface area (TPSA) is 112 Å². The second kappa shape index (κ2) is 9.12. The number of carbonyl (C=O) groups excluding carboxylic acids is 2. The number of aryl methyl sites for hydroxylation is 1. The van der Waals surface area contributed by atoms with Crippen LogP contribution in [0, 0.1) is 5.92 Å². The average Bonchev–Trinajstić information content (AvgIpc) is 3.32. The molecule has 2 amide bonds. The quantitative estimate of drug-likeness (QED) is 0.558. The fraction of sp³-hybridized carbons (Fsp3) is 0.520. The maximum absolute atomic E-state index is 12.6. The number of rotatable bonds is 6. The summed E-state index contributed by atoms with van der Waals surface area (Å²) in [6.07, 6.45) is 4.30. The lowest BCUT2D eigenvalue weighted by atomic mass is 10.1. The minimum absolute atomic E-state index is 0.0191. The number of carbonyl (C=O) groups is 2. The summed E-state index contributed by atoms with van der Waals surface area (Å²) in [7, 11) is 3.45. The molecule has 1 saturated carbocycles. The van der Waals surface area contributed by atoms with Crippen LogP contribution in [0.2, 0.25) is 0 Å². The Labute approximate surface area is 209 Å². The average molecular weight is 497 g/mol. The van der Waals surface area contributed by atoms with Crippen LogP contribution in [0.1, 0.15) is 33.6 Å². The molecule has 2 atom stereocenters. The summed E-state index contributed by atoms with van der Waals surface area (Å²) >= 11 is 0. The second-order valence-electron chi connectivity index (χ2n) is 10.4. The van der Waals surface area contributed by atoms with Crippen LogP contribution in [-0.2, 0) is 21.3 Å². The maximum Gasteiger partial charge on any atom is 0.410 e. The Hall–Kier alpha value is -3.60. The number of hydrogen-bond donors (Lipinski definition) is 1. The lowest BCUT2D eigenvalue weighted by molar-refractivity contribution is -0.117. The van der Waals surface area contributed by atoms with Gasteiger partial charge >= 0.3 is 6.09 Å². The van der Waals surface area contributed by atoms with Gasteiger partial charge in [-0.05, 0) is 45.7 Å². The van der Waals surface area contributed by atoms with E-state index in [9.17, 15) is 9.59 Å². The number of aromatic nitrogens is 4. The van der Waals surface area contributed by atoms with Crippen LogP contribution in [0.5, 0.6) is 5.75 Å². The van der Waals surface area contributed by atoms with Crippen molar-refractivity contribution in [2.75, 3.05) is 25.5 Å². The predicted octanol–water partition coefficient (Wildman–Crippen LogP) is 3.10. The number of ether oxygens (including phenoxy) is 3. The van der Waals surface area contributed by atoms with E-state index in [1.807, 2.05) is 52.2 Å². The van der Waals surface area contributed by atoms with Crippen molar-refractivity contribution in [3.05, 3.63) is 30.6 Å². The van der Waals surface area contributed by atoms with Crippen molar-refractivity contribution in [1.29, 1.82) is 0 Å². The summed E-state index contributed by atoms with van der Waals surface area (Å²) in [5.74, 6) is 1.24. The molecular weight excluding hydrogens is 464 g/mol. The zero-order valence-corrected chi connectivity index (χ0v) is 21.2. The van der Waals surface area contributed by atoms with E-state index < -0.39 is 11.7 Å². The zero-order valence-electron chi connectivity index (χ0n) is 21.2. The molecule has 0 radical (unpaired) electrons. The van der Waals surface area contributed by atoms with Crippen LogP contribution in [-0.4, -0.2) is 74.3 Å². The molecule has 0 bridgehead atoms. The lowest BCUT2D eigenvalue weighted by Crippen LogP contribution is -2.36. The number of methoxy groups -OCH3 is 1. The summed E-state index contributed by atoms with van der Waals surface area (Å²) < 4.78 is 21.0. The lowest BCUT2D eigenvalue weighted by Gasteiger charge is -2.24. The van der Waals surface area contributed by atoms with Gasteiger partial charge in [-0.1, -0.05) is 0 Å². The van der Waals surface area contributed by atoms with E-state index in [2.05, 4.69) is 15.5 Å². The Morgan fingerprint density at radius 1 is 1.14 bits per heavy atom.